The molecular formula is C16H16N4O3. The highest BCUT2D eigenvalue weighted by atomic mass is 16.5. The van der Waals surface area contributed by atoms with E-state index in [9.17, 15) is 9.90 Å². The van der Waals surface area contributed by atoms with E-state index in [-0.39, 0.29) is 18.4 Å². The summed E-state index contributed by atoms with van der Waals surface area (Å²) in [5.41, 5.74) is -0.324. The van der Waals surface area contributed by atoms with Gasteiger partial charge in [-0.3, -0.25) is 4.79 Å². The van der Waals surface area contributed by atoms with E-state index in [1.807, 2.05) is 17.7 Å². The van der Waals surface area contributed by atoms with E-state index in [4.69, 9.17) is 11.2 Å². The summed E-state index contributed by atoms with van der Waals surface area (Å²) >= 11 is 0. The average Bonchev–Trinajstić information content (AvgIpc) is 2.83. The molecule has 0 fully saturated rings. The van der Waals surface area contributed by atoms with Crippen molar-refractivity contribution in [3.05, 3.63) is 28.7 Å². The summed E-state index contributed by atoms with van der Waals surface area (Å²) in [5, 5.41) is 13.8. The highest BCUT2D eigenvalue weighted by Gasteiger charge is 2.21. The van der Waals surface area contributed by atoms with Crippen molar-refractivity contribution in [3.63, 3.8) is 0 Å². The first-order valence-corrected chi connectivity index (χ1v) is 7.18. The van der Waals surface area contributed by atoms with Gasteiger partial charge >= 0.3 is 0 Å². The van der Waals surface area contributed by atoms with Crippen LogP contribution in [-0.4, -0.2) is 33.7 Å². The minimum absolute atomic E-state index is 0.156. The number of rotatable bonds is 5. The minimum Gasteiger partial charge on any atom is -0.394 e. The fourth-order valence-electron chi connectivity index (χ4n) is 2.57. The Kier molecular flexibility index (Phi) is 4.10. The number of nitrogens with zero attached hydrogens (tertiary/aromatic N) is 3. The van der Waals surface area contributed by atoms with Crippen molar-refractivity contribution in [1.29, 1.82) is 0 Å². The Morgan fingerprint density at radius 3 is 3.09 bits per heavy atom. The van der Waals surface area contributed by atoms with E-state index in [2.05, 4.69) is 21.2 Å². The van der Waals surface area contributed by atoms with Crippen LogP contribution < -0.4 is 10.9 Å². The van der Waals surface area contributed by atoms with Gasteiger partial charge in [-0.1, -0.05) is 0 Å². The second-order valence-electron chi connectivity index (χ2n) is 5.17. The van der Waals surface area contributed by atoms with E-state index in [1.54, 1.807) is 6.07 Å². The van der Waals surface area contributed by atoms with Gasteiger partial charge in [-0.05, 0) is 13.0 Å². The highest BCUT2D eigenvalue weighted by Crippen LogP contribution is 2.36. The van der Waals surface area contributed by atoms with E-state index in [0.29, 0.717) is 18.1 Å². The molecule has 0 aromatic carbocycles. The third-order valence-electron chi connectivity index (χ3n) is 3.62. The summed E-state index contributed by atoms with van der Waals surface area (Å²) in [4.78, 5) is 19.9. The summed E-state index contributed by atoms with van der Waals surface area (Å²) in [5.74, 6) is 3.59. The molecular weight excluding hydrogens is 296 g/mol. The van der Waals surface area contributed by atoms with Crippen LogP contribution in [-0.2, 0) is 4.74 Å². The van der Waals surface area contributed by atoms with Crippen molar-refractivity contribution in [2.75, 3.05) is 11.9 Å². The lowest BCUT2D eigenvalue weighted by Crippen LogP contribution is -2.22. The van der Waals surface area contributed by atoms with Crippen LogP contribution in [0, 0.1) is 12.3 Å². The summed E-state index contributed by atoms with van der Waals surface area (Å²) in [6, 6.07) is 3.11. The lowest BCUT2D eigenvalue weighted by Gasteiger charge is -2.22. The summed E-state index contributed by atoms with van der Waals surface area (Å²) in [6.07, 6.45) is 8.09. The molecule has 0 unspecified atom stereocenters. The molecule has 23 heavy (non-hydrogen) atoms. The fraction of sp³-hybridized carbons (Fsp3) is 0.312. The van der Waals surface area contributed by atoms with Crippen LogP contribution in [0.2, 0.25) is 0 Å². The molecule has 7 nitrogen and oxygen atoms in total. The minimum atomic E-state index is -0.444. The SMILES string of the molecule is C#CC[C@@H](CO)O[C@H](C)n1cc2ccc(=O)nc3c2c1N=CN3. The van der Waals surface area contributed by atoms with Crippen LogP contribution in [0.4, 0.5) is 11.6 Å². The largest absolute Gasteiger partial charge is 0.394 e. The molecule has 3 heterocycles. The number of aliphatic imine (C=N–C) groups is 1. The van der Waals surface area contributed by atoms with Crippen molar-refractivity contribution in [2.24, 2.45) is 4.99 Å². The molecule has 1 aliphatic heterocycles. The van der Waals surface area contributed by atoms with Crippen LogP contribution >= 0.6 is 0 Å². The number of ether oxygens (including phenoxy) is 1. The summed E-state index contributed by atoms with van der Waals surface area (Å²) in [6.45, 7) is 1.69. The molecule has 0 saturated carbocycles. The maximum atomic E-state index is 11.6. The van der Waals surface area contributed by atoms with Gasteiger partial charge in [0.05, 0.1) is 24.4 Å². The van der Waals surface area contributed by atoms with Gasteiger partial charge in [-0.15, -0.1) is 12.3 Å². The lowest BCUT2D eigenvalue weighted by atomic mass is 10.2. The van der Waals surface area contributed by atoms with Gasteiger partial charge < -0.3 is 19.7 Å². The zero-order chi connectivity index (χ0) is 16.4. The molecule has 2 aromatic rings. The number of nitrogens with one attached hydrogen (secondary N) is 1. The Labute approximate surface area is 132 Å². The van der Waals surface area contributed by atoms with Crippen molar-refractivity contribution in [2.45, 2.75) is 25.7 Å². The molecule has 2 N–H and O–H groups in total. The topological polar surface area (TPSA) is 88.7 Å². The molecule has 2 aromatic heterocycles. The van der Waals surface area contributed by atoms with E-state index < -0.39 is 6.10 Å². The van der Waals surface area contributed by atoms with Crippen molar-refractivity contribution in [3.8, 4) is 12.3 Å². The summed E-state index contributed by atoms with van der Waals surface area (Å²) in [7, 11) is 0. The van der Waals surface area contributed by atoms with Gasteiger partial charge in [-0.2, -0.15) is 4.98 Å². The van der Waals surface area contributed by atoms with Crippen molar-refractivity contribution >= 4 is 28.7 Å². The Bertz CT molecular complexity index is 866. The number of aromatic nitrogens is 2. The van der Waals surface area contributed by atoms with Crippen LogP contribution in [0.5, 0.6) is 0 Å². The maximum absolute atomic E-state index is 11.6. The Hall–Kier alpha value is -2.69. The predicted octanol–water partition coefficient (Wildman–Crippen LogP) is 1.40. The van der Waals surface area contributed by atoms with Gasteiger partial charge in [0.1, 0.15) is 17.9 Å². The molecule has 0 spiro atoms. The number of aliphatic hydroxyl groups excluding tert-OH is 1. The van der Waals surface area contributed by atoms with E-state index >= 15 is 0 Å². The van der Waals surface area contributed by atoms with Gasteiger partial charge in [-0.25, -0.2) is 4.99 Å². The third-order valence-corrected chi connectivity index (χ3v) is 3.62. The first kappa shape index (κ1) is 15.2. The molecule has 118 valence electrons. The number of hydrogen-bond acceptors (Lipinski definition) is 6. The molecule has 2 atom stereocenters. The van der Waals surface area contributed by atoms with Crippen LogP contribution in [0.15, 0.2) is 28.1 Å². The van der Waals surface area contributed by atoms with Crippen LogP contribution in [0.1, 0.15) is 19.6 Å². The Morgan fingerprint density at radius 1 is 1.52 bits per heavy atom. The number of terminal acetylenes is 1. The number of anilines is 1. The molecule has 3 rings (SSSR count). The predicted molar refractivity (Wildman–Crippen MR) is 87.9 cm³/mol. The second kappa shape index (κ2) is 6.20. The molecule has 0 aliphatic carbocycles. The Balaban J connectivity index is 2.05. The highest BCUT2D eigenvalue weighted by molar-refractivity contribution is 6.06. The van der Waals surface area contributed by atoms with Gasteiger partial charge in [0.15, 0.2) is 0 Å². The smallest absolute Gasteiger partial charge is 0.271 e. The van der Waals surface area contributed by atoms with Crippen molar-refractivity contribution < 1.29 is 9.84 Å². The average molecular weight is 312 g/mol. The summed E-state index contributed by atoms with van der Waals surface area (Å²) < 4.78 is 7.63. The lowest BCUT2D eigenvalue weighted by molar-refractivity contribution is -0.0612. The monoisotopic (exact) mass is 312 g/mol. The third kappa shape index (κ3) is 2.82. The molecule has 0 bridgehead atoms. The normalized spacial score (nSPS) is 15.0. The first-order chi connectivity index (χ1) is 11.1. The van der Waals surface area contributed by atoms with Crippen molar-refractivity contribution in [1.82, 2.24) is 9.55 Å². The van der Waals surface area contributed by atoms with E-state index in [0.717, 1.165) is 10.8 Å². The van der Waals surface area contributed by atoms with Gasteiger partial charge in [0.25, 0.3) is 5.56 Å². The first-order valence-electron chi connectivity index (χ1n) is 7.18. The molecule has 1 aliphatic rings. The molecule has 0 saturated heterocycles. The molecule has 0 radical (unpaired) electrons. The maximum Gasteiger partial charge on any atom is 0.271 e. The van der Waals surface area contributed by atoms with E-state index in [1.165, 1.54) is 12.4 Å². The zero-order valence-corrected chi connectivity index (χ0v) is 12.6. The zero-order valence-electron chi connectivity index (χ0n) is 12.6. The standard InChI is InChI=1S/C16H16N4O3/c1-3-4-12(8-21)23-10(2)20-7-11-5-6-13(22)19-15-14(11)16(20)18-9-17-15/h1,5-7,9-10,12,21H,4,8H2,2H3,(H,17,18,19,22)/t10-,12+/m1/s1. The molecule has 7 heteroatoms. The van der Waals surface area contributed by atoms with Crippen LogP contribution in [0.25, 0.3) is 10.8 Å². The quantitative estimate of drug-likeness (QED) is 0.815. The van der Waals surface area contributed by atoms with Gasteiger partial charge in [0, 0.05) is 24.1 Å². The fourth-order valence-corrected chi connectivity index (χ4v) is 2.57. The number of aliphatic hydroxyl groups is 1. The second-order valence-corrected chi connectivity index (χ2v) is 5.17. The Morgan fingerprint density at radius 2 is 2.35 bits per heavy atom. The number of hydrogen-bond donors (Lipinski definition) is 2. The molecule has 0 amide bonds. The van der Waals surface area contributed by atoms with Gasteiger partial charge in [0.2, 0.25) is 0 Å². The van der Waals surface area contributed by atoms with Crippen LogP contribution in [0.3, 0.4) is 0 Å².